The molecule has 0 N–H and O–H groups in total. The molecule has 0 fully saturated rings. The van der Waals surface area contributed by atoms with Crippen LogP contribution >= 0.6 is 0 Å². The highest BCUT2D eigenvalue weighted by atomic mass is 19.1. The Morgan fingerprint density at radius 3 is 1.36 bits per heavy atom. The Labute approximate surface area is 389 Å². The minimum Gasteiger partial charge on any atom is -0.308 e. The Morgan fingerprint density at radius 1 is 0.328 bits per heavy atom. The predicted molar refractivity (Wildman–Crippen MR) is 277 cm³/mol. The summed E-state index contributed by atoms with van der Waals surface area (Å²) in [7, 11) is 0. The maximum Gasteiger partial charge on any atom is 0.147 e. The standard InChI is InChI=1S/C63H44F2N2/c1-63(2)57-40-49(67(47-21-7-4-8-22-47)61-36-29-45(39-59(61)65)53-26-14-18-42-16-10-12-24-51(42)53)31-34-55(57)56-32-27-43-37-48(30-33-54(43)62(56)63)66(46-19-5-3-6-20-46)60-35-28-44(38-58(60)64)52-25-13-17-41-15-9-11-23-50(41)52/h3-40H,1-2H3. The molecule has 4 heteroatoms. The second kappa shape index (κ2) is 16.0. The summed E-state index contributed by atoms with van der Waals surface area (Å²) in [6, 6.07) is 77.4. The highest BCUT2D eigenvalue weighted by Crippen LogP contribution is 2.54. The molecule has 320 valence electrons. The molecular weight excluding hydrogens is 823 g/mol. The Hall–Kier alpha value is -8.34. The molecule has 0 saturated carbocycles. The van der Waals surface area contributed by atoms with Crippen LogP contribution in [0.15, 0.2) is 231 Å². The van der Waals surface area contributed by atoms with E-state index in [4.69, 9.17) is 0 Å². The van der Waals surface area contributed by atoms with Gasteiger partial charge in [0.05, 0.1) is 11.4 Å². The quantitative estimate of drug-likeness (QED) is 0.150. The number of para-hydroxylation sites is 2. The fourth-order valence-electron chi connectivity index (χ4n) is 10.6. The summed E-state index contributed by atoms with van der Waals surface area (Å²) in [5, 5.41) is 6.61. The van der Waals surface area contributed by atoms with Crippen LogP contribution in [0.3, 0.4) is 0 Å². The molecular formula is C63H44F2N2. The summed E-state index contributed by atoms with van der Waals surface area (Å²) in [4.78, 5) is 4.03. The van der Waals surface area contributed by atoms with Crippen molar-refractivity contribution in [1.82, 2.24) is 0 Å². The number of fused-ring (bicyclic) bond motifs is 7. The number of halogens is 2. The molecule has 0 bridgehead atoms. The van der Waals surface area contributed by atoms with Gasteiger partial charge in [0.25, 0.3) is 0 Å². The predicted octanol–water partition coefficient (Wildman–Crippen LogP) is 18.0. The normalized spacial score (nSPS) is 12.6. The Kier molecular flexibility index (Phi) is 9.58. The van der Waals surface area contributed by atoms with Crippen LogP contribution in [0.1, 0.15) is 25.0 Å². The van der Waals surface area contributed by atoms with Gasteiger partial charge in [-0.25, -0.2) is 8.78 Å². The fourth-order valence-corrected chi connectivity index (χ4v) is 10.6. The Morgan fingerprint density at radius 2 is 0.806 bits per heavy atom. The third kappa shape index (κ3) is 6.75. The van der Waals surface area contributed by atoms with Gasteiger partial charge in [0.15, 0.2) is 0 Å². The van der Waals surface area contributed by atoms with Crippen molar-refractivity contribution in [3.63, 3.8) is 0 Å². The van der Waals surface area contributed by atoms with Crippen LogP contribution in [0.25, 0.3) is 65.7 Å². The largest absolute Gasteiger partial charge is 0.308 e. The summed E-state index contributed by atoms with van der Waals surface area (Å²) >= 11 is 0. The summed E-state index contributed by atoms with van der Waals surface area (Å²) in [6.45, 7) is 4.56. The minimum absolute atomic E-state index is 0.302. The van der Waals surface area contributed by atoms with Gasteiger partial charge in [0.1, 0.15) is 11.6 Å². The van der Waals surface area contributed by atoms with Crippen molar-refractivity contribution in [3.05, 3.63) is 253 Å². The lowest BCUT2D eigenvalue weighted by molar-refractivity contribution is 0.629. The van der Waals surface area contributed by atoms with Crippen LogP contribution in [-0.2, 0) is 5.41 Å². The molecule has 12 rings (SSSR count). The first-order valence-corrected chi connectivity index (χ1v) is 22.8. The van der Waals surface area contributed by atoms with Gasteiger partial charge < -0.3 is 9.80 Å². The number of hydrogen-bond acceptors (Lipinski definition) is 2. The molecule has 0 saturated heterocycles. The SMILES string of the molecule is CC1(C)c2cc(N(c3ccccc3)c3ccc(-c4cccc5ccccc45)cc3F)ccc2-c2ccc3cc(N(c4ccccc4)c4ccc(-c5cccc6ccccc56)cc4F)ccc3c21. The molecule has 0 heterocycles. The first-order valence-electron chi connectivity index (χ1n) is 22.8. The first kappa shape index (κ1) is 40.2. The van der Waals surface area contributed by atoms with Gasteiger partial charge >= 0.3 is 0 Å². The topological polar surface area (TPSA) is 6.48 Å². The van der Waals surface area contributed by atoms with Crippen LogP contribution in [0, 0.1) is 11.6 Å². The molecule has 0 atom stereocenters. The van der Waals surface area contributed by atoms with E-state index < -0.39 is 5.41 Å². The van der Waals surface area contributed by atoms with Crippen molar-refractivity contribution in [3.8, 4) is 33.4 Å². The van der Waals surface area contributed by atoms with E-state index in [2.05, 4.69) is 111 Å². The molecule has 0 unspecified atom stereocenters. The zero-order valence-electron chi connectivity index (χ0n) is 37.1. The van der Waals surface area contributed by atoms with Gasteiger partial charge in [0.2, 0.25) is 0 Å². The average Bonchev–Trinajstić information content (AvgIpc) is 3.60. The van der Waals surface area contributed by atoms with Crippen molar-refractivity contribution >= 4 is 66.4 Å². The third-order valence-corrected chi connectivity index (χ3v) is 13.7. The highest BCUT2D eigenvalue weighted by Gasteiger charge is 2.38. The zero-order chi connectivity index (χ0) is 45.2. The van der Waals surface area contributed by atoms with E-state index >= 15 is 8.78 Å². The van der Waals surface area contributed by atoms with E-state index in [9.17, 15) is 0 Å². The maximum atomic E-state index is 16.8. The molecule has 11 aromatic carbocycles. The number of nitrogens with zero attached hydrogens (tertiary/aromatic N) is 2. The number of rotatable bonds is 8. The molecule has 0 aromatic heterocycles. The molecule has 0 amide bonds. The average molecular weight is 867 g/mol. The summed E-state index contributed by atoms with van der Waals surface area (Å²) in [5.74, 6) is -0.606. The summed E-state index contributed by atoms with van der Waals surface area (Å²) in [5.41, 5.74) is 12.4. The van der Waals surface area contributed by atoms with Crippen molar-refractivity contribution in [2.45, 2.75) is 19.3 Å². The van der Waals surface area contributed by atoms with Crippen molar-refractivity contribution in [2.75, 3.05) is 9.80 Å². The highest BCUT2D eigenvalue weighted by molar-refractivity contribution is 6.01. The van der Waals surface area contributed by atoms with Crippen LogP contribution in [0.5, 0.6) is 0 Å². The van der Waals surface area contributed by atoms with Gasteiger partial charge in [-0.15, -0.1) is 0 Å². The lowest BCUT2D eigenvalue weighted by Gasteiger charge is -2.29. The molecule has 2 nitrogen and oxygen atoms in total. The van der Waals surface area contributed by atoms with Gasteiger partial charge in [0, 0.05) is 28.2 Å². The molecule has 1 aliphatic carbocycles. The molecule has 1 aliphatic rings. The number of anilines is 6. The van der Waals surface area contributed by atoms with Crippen molar-refractivity contribution < 1.29 is 8.78 Å². The summed E-state index contributed by atoms with van der Waals surface area (Å²) < 4.78 is 33.5. The van der Waals surface area contributed by atoms with E-state index in [-0.39, 0.29) is 11.6 Å². The van der Waals surface area contributed by atoms with Crippen LogP contribution in [-0.4, -0.2) is 0 Å². The Balaban J connectivity index is 0.925. The number of benzene rings is 11. The van der Waals surface area contributed by atoms with Crippen molar-refractivity contribution in [1.29, 1.82) is 0 Å². The van der Waals surface area contributed by atoms with Crippen LogP contribution < -0.4 is 9.80 Å². The second-order valence-electron chi connectivity index (χ2n) is 18.0. The van der Waals surface area contributed by atoms with E-state index in [1.54, 1.807) is 12.1 Å². The maximum absolute atomic E-state index is 16.8. The lowest BCUT2D eigenvalue weighted by Crippen LogP contribution is -2.17. The van der Waals surface area contributed by atoms with Crippen molar-refractivity contribution in [2.24, 2.45) is 0 Å². The molecule has 11 aromatic rings. The second-order valence-corrected chi connectivity index (χ2v) is 18.0. The lowest BCUT2D eigenvalue weighted by atomic mass is 9.80. The molecule has 0 radical (unpaired) electrons. The monoisotopic (exact) mass is 866 g/mol. The fraction of sp³-hybridized carbons (Fsp3) is 0.0476. The van der Waals surface area contributed by atoms with Gasteiger partial charge in [-0.2, -0.15) is 0 Å². The van der Waals surface area contributed by atoms with E-state index in [0.29, 0.717) is 11.4 Å². The van der Waals surface area contributed by atoms with E-state index in [0.717, 1.165) is 82.9 Å². The van der Waals surface area contributed by atoms with E-state index in [1.807, 2.05) is 131 Å². The van der Waals surface area contributed by atoms with Crippen LogP contribution in [0.4, 0.5) is 42.9 Å². The Bertz CT molecular complexity index is 3700. The van der Waals surface area contributed by atoms with E-state index in [1.165, 1.54) is 16.7 Å². The molecule has 0 aliphatic heterocycles. The first-order chi connectivity index (χ1) is 32.8. The van der Waals surface area contributed by atoms with Gasteiger partial charge in [-0.3, -0.25) is 0 Å². The van der Waals surface area contributed by atoms with Crippen LogP contribution in [0.2, 0.25) is 0 Å². The zero-order valence-corrected chi connectivity index (χ0v) is 37.1. The minimum atomic E-state index is -0.399. The van der Waals surface area contributed by atoms with Gasteiger partial charge in [-0.1, -0.05) is 172 Å². The third-order valence-electron chi connectivity index (χ3n) is 13.7. The number of hydrogen-bond donors (Lipinski definition) is 0. The molecule has 67 heavy (non-hydrogen) atoms. The van der Waals surface area contributed by atoms with Gasteiger partial charge in [-0.05, 0) is 150 Å². The smallest absolute Gasteiger partial charge is 0.147 e. The summed E-state index contributed by atoms with van der Waals surface area (Å²) in [6.07, 6.45) is 0. The molecule has 0 spiro atoms.